The predicted octanol–water partition coefficient (Wildman–Crippen LogP) is 2.55. The Morgan fingerprint density at radius 3 is 2.74 bits per heavy atom. The maximum atomic E-state index is 12.1. The molecule has 1 aromatic rings. The van der Waals surface area contributed by atoms with Gasteiger partial charge in [0.05, 0.1) is 10.6 Å². The van der Waals surface area contributed by atoms with Gasteiger partial charge in [0.15, 0.2) is 0 Å². The Bertz CT molecular complexity index is 523. The van der Waals surface area contributed by atoms with Gasteiger partial charge in [-0.25, -0.2) is 4.79 Å². The number of hydrogen-bond donors (Lipinski definition) is 2. The molecule has 1 aromatic carbocycles. The van der Waals surface area contributed by atoms with Crippen molar-refractivity contribution in [3.8, 4) is 0 Å². The Kier molecular flexibility index (Phi) is 3.78. The fraction of sp³-hybridized carbons (Fsp3) is 0.385. The highest BCUT2D eigenvalue weighted by molar-refractivity contribution is 6.33. The van der Waals surface area contributed by atoms with Crippen molar-refractivity contribution in [1.82, 2.24) is 0 Å². The summed E-state index contributed by atoms with van der Waals surface area (Å²) in [6.07, 6.45) is 1.52. The van der Waals surface area contributed by atoms with E-state index in [0.717, 1.165) is 6.42 Å². The lowest BCUT2D eigenvalue weighted by atomic mass is 10.0. The molecule has 1 aliphatic rings. The zero-order valence-electron chi connectivity index (χ0n) is 10.4. The lowest BCUT2D eigenvalue weighted by Gasteiger charge is -2.22. The van der Waals surface area contributed by atoms with Crippen molar-refractivity contribution in [3.63, 3.8) is 0 Å². The number of nitrogens with one attached hydrogen (secondary N) is 1. The molecule has 6 heteroatoms. The molecule has 2 N–H and O–H groups in total. The van der Waals surface area contributed by atoms with Crippen LogP contribution in [0.5, 0.6) is 0 Å². The summed E-state index contributed by atoms with van der Waals surface area (Å²) in [6.45, 7) is 2.31. The van der Waals surface area contributed by atoms with Crippen molar-refractivity contribution in [1.29, 1.82) is 0 Å². The van der Waals surface area contributed by atoms with Gasteiger partial charge in [0, 0.05) is 12.3 Å². The first-order chi connectivity index (χ1) is 8.92. The van der Waals surface area contributed by atoms with E-state index in [2.05, 4.69) is 5.32 Å². The molecule has 1 amide bonds. The van der Waals surface area contributed by atoms with Gasteiger partial charge in [-0.05, 0) is 38.0 Å². The number of carboxylic acids is 1. The summed E-state index contributed by atoms with van der Waals surface area (Å²) >= 11 is 5.84. The SMILES string of the molecule is C[C@@]1(C(=O)Nc2ccc(C(=O)O)c(Cl)c2)CCCO1. The number of benzene rings is 1. The molecule has 102 valence electrons. The van der Waals surface area contributed by atoms with Crippen LogP contribution in [0.1, 0.15) is 30.1 Å². The molecule has 1 atom stereocenters. The number of anilines is 1. The second-order valence-electron chi connectivity index (χ2n) is 4.64. The number of carbonyl (C=O) groups excluding carboxylic acids is 1. The molecule has 0 saturated carbocycles. The lowest BCUT2D eigenvalue weighted by molar-refractivity contribution is -0.133. The van der Waals surface area contributed by atoms with Gasteiger partial charge in [-0.3, -0.25) is 4.79 Å². The van der Waals surface area contributed by atoms with E-state index in [9.17, 15) is 9.59 Å². The molecule has 0 aromatic heterocycles. The van der Waals surface area contributed by atoms with Crippen LogP contribution in [-0.4, -0.2) is 29.2 Å². The number of carboxylic acid groups (broad SMARTS) is 1. The van der Waals surface area contributed by atoms with E-state index in [-0.39, 0.29) is 16.5 Å². The standard InChI is InChI=1S/C13H14ClNO4/c1-13(5-2-6-19-13)12(18)15-8-3-4-9(11(16)17)10(14)7-8/h3-4,7H,2,5-6H2,1H3,(H,15,18)(H,16,17)/t13-/m0/s1. The maximum absolute atomic E-state index is 12.1. The number of ether oxygens (including phenoxy) is 1. The Hall–Kier alpha value is -1.59. The highest BCUT2D eigenvalue weighted by atomic mass is 35.5. The van der Waals surface area contributed by atoms with E-state index < -0.39 is 11.6 Å². The number of amides is 1. The zero-order valence-corrected chi connectivity index (χ0v) is 11.2. The number of aromatic carboxylic acids is 1. The highest BCUT2D eigenvalue weighted by Crippen LogP contribution is 2.27. The Morgan fingerprint density at radius 2 is 2.21 bits per heavy atom. The van der Waals surface area contributed by atoms with Gasteiger partial charge in [0.2, 0.25) is 0 Å². The van der Waals surface area contributed by atoms with E-state index in [1.165, 1.54) is 18.2 Å². The van der Waals surface area contributed by atoms with Crippen molar-refractivity contribution in [2.45, 2.75) is 25.4 Å². The maximum Gasteiger partial charge on any atom is 0.337 e. The van der Waals surface area contributed by atoms with Gasteiger partial charge in [0.25, 0.3) is 5.91 Å². The third-order valence-corrected chi connectivity index (χ3v) is 3.47. The monoisotopic (exact) mass is 283 g/mol. The van der Waals surface area contributed by atoms with E-state index in [4.69, 9.17) is 21.4 Å². The molecule has 1 aliphatic heterocycles. The number of hydrogen-bond acceptors (Lipinski definition) is 3. The lowest BCUT2D eigenvalue weighted by Crippen LogP contribution is -2.39. The third kappa shape index (κ3) is 2.88. The van der Waals surface area contributed by atoms with Crippen molar-refractivity contribution < 1.29 is 19.4 Å². The summed E-state index contributed by atoms with van der Waals surface area (Å²) in [7, 11) is 0. The third-order valence-electron chi connectivity index (χ3n) is 3.16. The van der Waals surface area contributed by atoms with Crippen molar-refractivity contribution in [3.05, 3.63) is 28.8 Å². The first-order valence-corrected chi connectivity index (χ1v) is 6.28. The van der Waals surface area contributed by atoms with E-state index in [0.29, 0.717) is 18.7 Å². The molecule has 2 rings (SSSR count). The topological polar surface area (TPSA) is 75.6 Å². The van der Waals surface area contributed by atoms with Gasteiger partial charge in [-0.2, -0.15) is 0 Å². The van der Waals surface area contributed by atoms with Crippen molar-refractivity contribution in [2.24, 2.45) is 0 Å². The normalized spacial score (nSPS) is 22.2. The molecular formula is C13H14ClNO4. The Morgan fingerprint density at radius 1 is 1.47 bits per heavy atom. The molecule has 0 unspecified atom stereocenters. The van der Waals surface area contributed by atoms with Gasteiger partial charge in [-0.15, -0.1) is 0 Å². The number of rotatable bonds is 3. The summed E-state index contributed by atoms with van der Waals surface area (Å²) in [6, 6.07) is 4.28. The molecular weight excluding hydrogens is 270 g/mol. The second-order valence-corrected chi connectivity index (χ2v) is 5.04. The van der Waals surface area contributed by atoms with Crippen LogP contribution in [0.15, 0.2) is 18.2 Å². The number of carbonyl (C=O) groups is 2. The molecule has 0 radical (unpaired) electrons. The van der Waals surface area contributed by atoms with Crippen LogP contribution in [0.2, 0.25) is 5.02 Å². The van der Waals surface area contributed by atoms with Crippen molar-refractivity contribution in [2.75, 3.05) is 11.9 Å². The molecule has 1 fully saturated rings. The molecule has 1 heterocycles. The molecule has 0 bridgehead atoms. The van der Waals surface area contributed by atoms with Crippen LogP contribution in [0.3, 0.4) is 0 Å². The van der Waals surface area contributed by atoms with Gasteiger partial charge in [0.1, 0.15) is 5.60 Å². The molecule has 0 aliphatic carbocycles. The fourth-order valence-electron chi connectivity index (χ4n) is 1.99. The van der Waals surface area contributed by atoms with Gasteiger partial charge >= 0.3 is 5.97 Å². The average molecular weight is 284 g/mol. The van der Waals surface area contributed by atoms with Gasteiger partial charge in [-0.1, -0.05) is 11.6 Å². The van der Waals surface area contributed by atoms with Gasteiger partial charge < -0.3 is 15.2 Å². The first-order valence-electron chi connectivity index (χ1n) is 5.91. The predicted molar refractivity (Wildman–Crippen MR) is 70.6 cm³/mol. The summed E-state index contributed by atoms with van der Waals surface area (Å²) in [5.41, 5.74) is -0.363. The smallest absolute Gasteiger partial charge is 0.337 e. The minimum Gasteiger partial charge on any atom is -0.478 e. The number of halogens is 1. The van der Waals surface area contributed by atoms with Crippen molar-refractivity contribution >= 4 is 29.2 Å². The van der Waals surface area contributed by atoms with Crippen LogP contribution in [0, 0.1) is 0 Å². The summed E-state index contributed by atoms with van der Waals surface area (Å²) in [5.74, 6) is -1.35. The quantitative estimate of drug-likeness (QED) is 0.894. The van der Waals surface area contributed by atoms with Crippen LogP contribution < -0.4 is 5.32 Å². The summed E-state index contributed by atoms with van der Waals surface area (Å²) in [4.78, 5) is 22.9. The van der Waals surface area contributed by atoms with E-state index in [1.54, 1.807) is 6.92 Å². The van der Waals surface area contributed by atoms with Crippen LogP contribution in [-0.2, 0) is 9.53 Å². The van der Waals surface area contributed by atoms with Crippen LogP contribution in [0.25, 0.3) is 0 Å². The largest absolute Gasteiger partial charge is 0.478 e. The molecule has 1 saturated heterocycles. The fourth-order valence-corrected chi connectivity index (χ4v) is 2.25. The molecule has 19 heavy (non-hydrogen) atoms. The second kappa shape index (κ2) is 5.19. The highest BCUT2D eigenvalue weighted by Gasteiger charge is 2.37. The zero-order chi connectivity index (χ0) is 14.0. The average Bonchev–Trinajstić information content (AvgIpc) is 2.77. The first kappa shape index (κ1) is 13.8. The summed E-state index contributed by atoms with van der Waals surface area (Å²) in [5, 5.41) is 11.6. The van der Waals surface area contributed by atoms with Crippen LogP contribution in [0.4, 0.5) is 5.69 Å². The van der Waals surface area contributed by atoms with Crippen LogP contribution >= 0.6 is 11.6 Å². The Labute approximate surface area is 115 Å². The minimum atomic E-state index is -1.10. The van der Waals surface area contributed by atoms with E-state index >= 15 is 0 Å². The summed E-state index contributed by atoms with van der Waals surface area (Å²) < 4.78 is 5.43. The van der Waals surface area contributed by atoms with E-state index in [1.807, 2.05) is 0 Å². The molecule has 5 nitrogen and oxygen atoms in total. The minimum absolute atomic E-state index is 0.00277. The Balaban J connectivity index is 2.13. The molecule has 0 spiro atoms.